The van der Waals surface area contributed by atoms with Crippen LogP contribution in [-0.2, 0) is 0 Å². The fourth-order valence-corrected chi connectivity index (χ4v) is 4.15. The van der Waals surface area contributed by atoms with Crippen molar-refractivity contribution in [2.45, 2.75) is 53.0 Å². The van der Waals surface area contributed by atoms with Crippen LogP contribution in [0.25, 0.3) is 0 Å². The van der Waals surface area contributed by atoms with Crippen LogP contribution in [0.4, 0.5) is 0 Å². The molecule has 1 aromatic rings. The molecule has 1 aliphatic carbocycles. The second kappa shape index (κ2) is 7.31. The van der Waals surface area contributed by atoms with E-state index >= 15 is 0 Å². The lowest BCUT2D eigenvalue weighted by atomic mass is 9.72. The van der Waals surface area contributed by atoms with Crippen LogP contribution in [0.1, 0.15) is 57.2 Å². The SMILES string of the molecule is CCNC(c1ccc(OC)c(C)c1)C1CC(C)CC(C)C1. The van der Waals surface area contributed by atoms with E-state index in [2.05, 4.69) is 51.2 Å². The molecule has 118 valence electrons. The highest BCUT2D eigenvalue weighted by Crippen LogP contribution is 2.40. The van der Waals surface area contributed by atoms with Gasteiger partial charge in [-0.15, -0.1) is 0 Å². The predicted octanol–water partition coefficient (Wildman–Crippen LogP) is 4.73. The third kappa shape index (κ3) is 4.00. The number of aryl methyl sites for hydroxylation is 1. The lowest BCUT2D eigenvalue weighted by Crippen LogP contribution is -2.33. The van der Waals surface area contributed by atoms with E-state index in [1.165, 1.54) is 30.4 Å². The summed E-state index contributed by atoms with van der Waals surface area (Å²) in [5.41, 5.74) is 2.65. The molecule has 0 radical (unpaired) electrons. The van der Waals surface area contributed by atoms with Crippen LogP contribution in [0, 0.1) is 24.7 Å². The Kier molecular flexibility index (Phi) is 5.69. The Bertz CT molecular complexity index is 447. The number of hydrogen-bond acceptors (Lipinski definition) is 2. The van der Waals surface area contributed by atoms with Crippen LogP contribution in [0.5, 0.6) is 5.75 Å². The van der Waals surface area contributed by atoms with Gasteiger partial charge in [-0.3, -0.25) is 0 Å². The first-order valence-electron chi connectivity index (χ1n) is 8.43. The standard InChI is InChI=1S/C19H31NO/c1-6-20-19(17-10-13(2)9-14(3)11-17)16-7-8-18(21-5)15(4)12-16/h7-8,12-14,17,19-20H,6,9-11H2,1-5H3. The fraction of sp³-hybridized carbons (Fsp3) is 0.684. The molecule has 0 spiro atoms. The van der Waals surface area contributed by atoms with Crippen molar-refractivity contribution in [3.63, 3.8) is 0 Å². The van der Waals surface area contributed by atoms with Gasteiger partial charge in [-0.05, 0) is 67.7 Å². The maximum atomic E-state index is 5.40. The van der Waals surface area contributed by atoms with E-state index in [4.69, 9.17) is 4.74 Å². The van der Waals surface area contributed by atoms with Gasteiger partial charge in [0.25, 0.3) is 0 Å². The highest BCUT2D eigenvalue weighted by molar-refractivity contribution is 5.37. The smallest absolute Gasteiger partial charge is 0.121 e. The summed E-state index contributed by atoms with van der Waals surface area (Å²) in [5.74, 6) is 3.43. The zero-order valence-electron chi connectivity index (χ0n) is 14.3. The summed E-state index contributed by atoms with van der Waals surface area (Å²) in [6, 6.07) is 7.13. The van der Waals surface area contributed by atoms with Crippen LogP contribution in [0.2, 0.25) is 0 Å². The molecular formula is C19H31NO. The molecule has 2 nitrogen and oxygen atoms in total. The predicted molar refractivity (Wildman–Crippen MR) is 89.8 cm³/mol. The number of nitrogens with one attached hydrogen (secondary N) is 1. The van der Waals surface area contributed by atoms with E-state index < -0.39 is 0 Å². The Morgan fingerprint density at radius 1 is 1.19 bits per heavy atom. The normalized spacial score (nSPS) is 27.4. The van der Waals surface area contributed by atoms with Crippen LogP contribution in [0.15, 0.2) is 18.2 Å². The highest BCUT2D eigenvalue weighted by Gasteiger charge is 2.30. The zero-order chi connectivity index (χ0) is 15.4. The molecule has 2 rings (SSSR count). The highest BCUT2D eigenvalue weighted by atomic mass is 16.5. The second-order valence-corrected chi connectivity index (χ2v) is 6.94. The number of ether oxygens (including phenoxy) is 1. The Morgan fingerprint density at radius 2 is 1.86 bits per heavy atom. The van der Waals surface area contributed by atoms with Crippen LogP contribution >= 0.6 is 0 Å². The molecule has 0 bridgehead atoms. The van der Waals surface area contributed by atoms with Crippen molar-refractivity contribution in [2.24, 2.45) is 17.8 Å². The minimum Gasteiger partial charge on any atom is -0.496 e. The molecule has 0 amide bonds. The minimum absolute atomic E-state index is 0.477. The van der Waals surface area contributed by atoms with Crippen molar-refractivity contribution in [1.29, 1.82) is 0 Å². The summed E-state index contributed by atoms with van der Waals surface area (Å²) in [6.07, 6.45) is 4.07. The molecule has 0 aromatic heterocycles. The number of hydrogen-bond donors (Lipinski definition) is 1. The molecule has 21 heavy (non-hydrogen) atoms. The average molecular weight is 289 g/mol. The van der Waals surface area contributed by atoms with E-state index in [1.54, 1.807) is 7.11 Å². The number of rotatable bonds is 5. The van der Waals surface area contributed by atoms with Gasteiger partial charge in [-0.25, -0.2) is 0 Å². The molecule has 0 saturated heterocycles. The summed E-state index contributed by atoms with van der Waals surface area (Å²) < 4.78 is 5.40. The molecule has 0 heterocycles. The number of benzene rings is 1. The van der Waals surface area contributed by atoms with Crippen LogP contribution in [0.3, 0.4) is 0 Å². The van der Waals surface area contributed by atoms with Gasteiger partial charge in [-0.2, -0.15) is 0 Å². The second-order valence-electron chi connectivity index (χ2n) is 6.94. The van der Waals surface area contributed by atoms with Gasteiger partial charge in [-0.1, -0.05) is 32.9 Å². The molecule has 1 saturated carbocycles. The van der Waals surface area contributed by atoms with E-state index in [-0.39, 0.29) is 0 Å². The molecule has 3 atom stereocenters. The molecule has 1 aliphatic rings. The van der Waals surface area contributed by atoms with Crippen LogP contribution in [-0.4, -0.2) is 13.7 Å². The van der Waals surface area contributed by atoms with Crippen molar-refractivity contribution in [2.75, 3.05) is 13.7 Å². The van der Waals surface area contributed by atoms with Gasteiger partial charge in [0.15, 0.2) is 0 Å². The number of methoxy groups -OCH3 is 1. The topological polar surface area (TPSA) is 21.3 Å². The first-order chi connectivity index (χ1) is 10.0. The first kappa shape index (κ1) is 16.4. The van der Waals surface area contributed by atoms with Crippen molar-refractivity contribution >= 4 is 0 Å². The van der Waals surface area contributed by atoms with E-state index in [0.717, 1.165) is 30.0 Å². The molecule has 0 aliphatic heterocycles. The van der Waals surface area contributed by atoms with Gasteiger partial charge in [0, 0.05) is 6.04 Å². The zero-order valence-corrected chi connectivity index (χ0v) is 14.3. The summed E-state index contributed by atoms with van der Waals surface area (Å²) in [4.78, 5) is 0. The molecule has 1 fully saturated rings. The average Bonchev–Trinajstić information content (AvgIpc) is 2.43. The largest absolute Gasteiger partial charge is 0.496 e. The Hall–Kier alpha value is -1.02. The third-order valence-electron chi connectivity index (χ3n) is 4.89. The summed E-state index contributed by atoms with van der Waals surface area (Å²) >= 11 is 0. The summed E-state index contributed by atoms with van der Waals surface area (Å²) in [7, 11) is 1.74. The molecule has 1 aromatic carbocycles. The summed E-state index contributed by atoms with van der Waals surface area (Å²) in [5, 5.41) is 3.73. The molecule has 2 heteroatoms. The van der Waals surface area contributed by atoms with Gasteiger partial charge in [0.1, 0.15) is 5.75 Å². The minimum atomic E-state index is 0.477. The van der Waals surface area contributed by atoms with Gasteiger partial charge in [0.05, 0.1) is 7.11 Å². The Balaban J connectivity index is 2.23. The monoisotopic (exact) mass is 289 g/mol. The lowest BCUT2D eigenvalue weighted by Gasteiger charge is -2.37. The van der Waals surface area contributed by atoms with Gasteiger partial charge < -0.3 is 10.1 Å². The van der Waals surface area contributed by atoms with Crippen LogP contribution < -0.4 is 10.1 Å². The molecule has 1 N–H and O–H groups in total. The van der Waals surface area contributed by atoms with E-state index in [9.17, 15) is 0 Å². The maximum absolute atomic E-state index is 5.40. The van der Waals surface area contributed by atoms with Gasteiger partial charge in [0.2, 0.25) is 0 Å². The quantitative estimate of drug-likeness (QED) is 0.846. The van der Waals surface area contributed by atoms with E-state index in [1.807, 2.05) is 0 Å². The Morgan fingerprint density at radius 3 is 2.38 bits per heavy atom. The van der Waals surface area contributed by atoms with Crippen molar-refractivity contribution < 1.29 is 4.74 Å². The Labute approximate surface area is 130 Å². The van der Waals surface area contributed by atoms with Gasteiger partial charge >= 0.3 is 0 Å². The lowest BCUT2D eigenvalue weighted by molar-refractivity contribution is 0.177. The maximum Gasteiger partial charge on any atom is 0.121 e. The van der Waals surface area contributed by atoms with Crippen molar-refractivity contribution in [3.05, 3.63) is 29.3 Å². The fourth-order valence-electron chi connectivity index (χ4n) is 4.15. The third-order valence-corrected chi connectivity index (χ3v) is 4.89. The van der Waals surface area contributed by atoms with Crippen molar-refractivity contribution in [1.82, 2.24) is 5.32 Å². The van der Waals surface area contributed by atoms with E-state index in [0.29, 0.717) is 6.04 Å². The molecule has 3 unspecified atom stereocenters. The van der Waals surface area contributed by atoms with Crippen molar-refractivity contribution in [3.8, 4) is 5.75 Å². The molecular weight excluding hydrogens is 258 g/mol. The first-order valence-corrected chi connectivity index (χ1v) is 8.43. The summed E-state index contributed by atoms with van der Waals surface area (Å²) in [6.45, 7) is 10.2.